The van der Waals surface area contributed by atoms with Crippen LogP contribution in [0.15, 0.2) is 53.6 Å². The van der Waals surface area contributed by atoms with Crippen molar-refractivity contribution in [2.45, 2.75) is 19.8 Å². The van der Waals surface area contributed by atoms with Crippen LogP contribution in [0.3, 0.4) is 0 Å². The smallest absolute Gasteiger partial charge is 0.271 e. The number of hydroxylamine groups is 1. The Labute approximate surface area is 170 Å². The quantitative estimate of drug-likeness (QED) is 0.307. The Kier molecular flexibility index (Phi) is 9.17. The van der Waals surface area contributed by atoms with Crippen molar-refractivity contribution in [3.05, 3.63) is 59.7 Å². The first-order valence-corrected chi connectivity index (χ1v) is 9.34. The lowest BCUT2D eigenvalue weighted by Crippen LogP contribution is -2.23. The normalized spacial score (nSPS) is 10.6. The second-order valence-electron chi connectivity index (χ2n) is 6.04. The van der Waals surface area contributed by atoms with Gasteiger partial charge in [0.15, 0.2) is 0 Å². The SMILES string of the molecule is CCONC(=O)CCCNc1ccc(C(=O)N/N=C/c2cccc(OC)c2)cc1. The van der Waals surface area contributed by atoms with E-state index in [1.165, 1.54) is 0 Å². The molecule has 0 aliphatic heterocycles. The van der Waals surface area contributed by atoms with Gasteiger partial charge in [0.1, 0.15) is 5.75 Å². The van der Waals surface area contributed by atoms with Crippen LogP contribution >= 0.6 is 0 Å². The van der Waals surface area contributed by atoms with Crippen molar-refractivity contribution in [1.29, 1.82) is 0 Å². The number of amides is 2. The van der Waals surface area contributed by atoms with Crippen molar-refractivity contribution in [2.75, 3.05) is 25.6 Å². The Morgan fingerprint density at radius 3 is 2.66 bits per heavy atom. The number of ether oxygens (including phenoxy) is 1. The Morgan fingerprint density at radius 2 is 1.93 bits per heavy atom. The summed E-state index contributed by atoms with van der Waals surface area (Å²) in [5, 5.41) is 7.17. The lowest BCUT2D eigenvalue weighted by Gasteiger charge is -2.07. The summed E-state index contributed by atoms with van der Waals surface area (Å²) in [7, 11) is 1.59. The van der Waals surface area contributed by atoms with Crippen molar-refractivity contribution in [3.63, 3.8) is 0 Å². The minimum absolute atomic E-state index is 0.143. The number of anilines is 1. The molecule has 8 heteroatoms. The van der Waals surface area contributed by atoms with Gasteiger partial charge in [0, 0.05) is 24.2 Å². The van der Waals surface area contributed by atoms with Crippen LogP contribution in [-0.4, -0.2) is 38.3 Å². The first kappa shape index (κ1) is 21.9. The maximum absolute atomic E-state index is 12.2. The number of nitrogens with zero attached hydrogens (tertiary/aromatic N) is 1. The number of hydrazone groups is 1. The van der Waals surface area contributed by atoms with Gasteiger partial charge in [-0.05, 0) is 55.3 Å². The van der Waals surface area contributed by atoms with E-state index in [1.807, 2.05) is 24.3 Å². The van der Waals surface area contributed by atoms with Crippen LogP contribution < -0.4 is 21.0 Å². The summed E-state index contributed by atoms with van der Waals surface area (Å²) >= 11 is 0. The second kappa shape index (κ2) is 12.1. The van der Waals surface area contributed by atoms with E-state index in [1.54, 1.807) is 44.5 Å². The van der Waals surface area contributed by atoms with Gasteiger partial charge < -0.3 is 10.1 Å². The van der Waals surface area contributed by atoms with Gasteiger partial charge in [0.2, 0.25) is 5.91 Å². The summed E-state index contributed by atoms with van der Waals surface area (Å²) in [4.78, 5) is 28.4. The Balaban J connectivity index is 1.75. The Morgan fingerprint density at radius 1 is 1.14 bits per heavy atom. The molecule has 0 unspecified atom stereocenters. The van der Waals surface area contributed by atoms with E-state index in [-0.39, 0.29) is 11.8 Å². The highest BCUT2D eigenvalue weighted by Crippen LogP contribution is 2.11. The first-order valence-electron chi connectivity index (χ1n) is 9.34. The van der Waals surface area contributed by atoms with Crippen molar-refractivity contribution < 1.29 is 19.2 Å². The molecule has 2 rings (SSSR count). The molecule has 8 nitrogen and oxygen atoms in total. The highest BCUT2D eigenvalue weighted by atomic mass is 16.6. The average Bonchev–Trinajstić information content (AvgIpc) is 2.75. The number of hydrogen-bond acceptors (Lipinski definition) is 6. The zero-order valence-electron chi connectivity index (χ0n) is 16.6. The van der Waals surface area contributed by atoms with Crippen LogP contribution in [-0.2, 0) is 9.63 Å². The largest absolute Gasteiger partial charge is 0.497 e. The van der Waals surface area contributed by atoms with Gasteiger partial charge in [0.05, 0.1) is 19.9 Å². The summed E-state index contributed by atoms with van der Waals surface area (Å²) in [6.45, 7) is 2.88. The Hall–Kier alpha value is -3.39. The average molecular weight is 398 g/mol. The summed E-state index contributed by atoms with van der Waals surface area (Å²) in [6.07, 6.45) is 2.59. The second-order valence-corrected chi connectivity index (χ2v) is 6.04. The van der Waals surface area contributed by atoms with Crippen molar-refractivity contribution in [2.24, 2.45) is 5.10 Å². The summed E-state index contributed by atoms with van der Waals surface area (Å²) in [6, 6.07) is 14.4. The third kappa shape index (κ3) is 8.02. The predicted octanol–water partition coefficient (Wildman–Crippen LogP) is 2.72. The number of hydrogen-bond donors (Lipinski definition) is 3. The number of methoxy groups -OCH3 is 1. The molecule has 29 heavy (non-hydrogen) atoms. The molecule has 0 saturated heterocycles. The van der Waals surface area contributed by atoms with E-state index in [0.29, 0.717) is 31.6 Å². The van der Waals surface area contributed by atoms with Gasteiger partial charge >= 0.3 is 0 Å². The van der Waals surface area contributed by atoms with Crippen molar-refractivity contribution in [3.8, 4) is 5.75 Å². The standard InChI is InChI=1S/C21H26N4O4/c1-3-29-25-20(26)8-5-13-22-18-11-9-17(10-12-18)21(27)24-23-15-16-6-4-7-19(14-16)28-2/h4,6-7,9-12,14-15,22H,3,5,8,13H2,1-2H3,(H,24,27)(H,25,26)/b23-15+. The maximum Gasteiger partial charge on any atom is 0.271 e. The highest BCUT2D eigenvalue weighted by molar-refractivity contribution is 5.95. The molecule has 2 amide bonds. The zero-order chi connectivity index (χ0) is 20.9. The molecule has 0 bridgehead atoms. The Bertz CT molecular complexity index is 822. The van der Waals surface area contributed by atoms with E-state index in [9.17, 15) is 9.59 Å². The van der Waals surface area contributed by atoms with Crippen LogP contribution in [0, 0.1) is 0 Å². The highest BCUT2D eigenvalue weighted by Gasteiger charge is 2.04. The number of rotatable bonds is 11. The minimum Gasteiger partial charge on any atom is -0.497 e. The molecule has 0 spiro atoms. The van der Waals surface area contributed by atoms with Gasteiger partial charge in [-0.15, -0.1) is 0 Å². The number of carbonyl (C=O) groups excluding carboxylic acids is 2. The molecular weight excluding hydrogens is 372 g/mol. The molecule has 0 fully saturated rings. The summed E-state index contributed by atoms with van der Waals surface area (Å²) in [5.74, 6) is 0.275. The van der Waals surface area contributed by atoms with E-state index < -0.39 is 0 Å². The van der Waals surface area contributed by atoms with Crippen molar-refractivity contribution >= 4 is 23.7 Å². The molecule has 0 radical (unpaired) electrons. The van der Waals surface area contributed by atoms with E-state index in [0.717, 1.165) is 17.0 Å². The van der Waals surface area contributed by atoms with E-state index in [2.05, 4.69) is 21.3 Å². The number of nitrogens with one attached hydrogen (secondary N) is 3. The lowest BCUT2D eigenvalue weighted by atomic mass is 10.2. The molecule has 0 aliphatic rings. The first-order chi connectivity index (χ1) is 14.1. The molecule has 0 atom stereocenters. The van der Waals surface area contributed by atoms with E-state index in [4.69, 9.17) is 9.57 Å². The molecule has 2 aromatic rings. The van der Waals surface area contributed by atoms with Crippen molar-refractivity contribution in [1.82, 2.24) is 10.9 Å². The number of carbonyl (C=O) groups is 2. The zero-order valence-corrected chi connectivity index (χ0v) is 16.6. The van der Waals surface area contributed by atoms with Crippen LogP contribution in [0.25, 0.3) is 0 Å². The van der Waals surface area contributed by atoms with Gasteiger partial charge in [-0.2, -0.15) is 5.10 Å². The van der Waals surface area contributed by atoms with Gasteiger partial charge in [-0.3, -0.25) is 14.4 Å². The van der Waals surface area contributed by atoms with Crippen LogP contribution in [0.5, 0.6) is 5.75 Å². The fourth-order valence-electron chi connectivity index (χ4n) is 2.38. The fourth-order valence-corrected chi connectivity index (χ4v) is 2.38. The molecule has 0 heterocycles. The predicted molar refractivity (Wildman–Crippen MR) is 112 cm³/mol. The van der Waals surface area contributed by atoms with Crippen LogP contribution in [0.1, 0.15) is 35.7 Å². The summed E-state index contributed by atoms with van der Waals surface area (Å²) in [5.41, 5.74) is 7.03. The molecule has 2 aromatic carbocycles. The van der Waals surface area contributed by atoms with Gasteiger partial charge in [-0.25, -0.2) is 10.9 Å². The van der Waals surface area contributed by atoms with Crippen LogP contribution in [0.2, 0.25) is 0 Å². The third-order valence-corrected chi connectivity index (χ3v) is 3.86. The monoisotopic (exact) mass is 398 g/mol. The van der Waals surface area contributed by atoms with E-state index >= 15 is 0 Å². The van der Waals surface area contributed by atoms with Gasteiger partial charge in [-0.1, -0.05) is 12.1 Å². The topological polar surface area (TPSA) is 101 Å². The molecular formula is C21H26N4O4. The lowest BCUT2D eigenvalue weighted by molar-refractivity contribution is -0.133. The third-order valence-electron chi connectivity index (χ3n) is 3.86. The fraction of sp³-hybridized carbons (Fsp3) is 0.286. The minimum atomic E-state index is -0.303. The van der Waals surface area contributed by atoms with Crippen LogP contribution in [0.4, 0.5) is 5.69 Å². The molecule has 3 N–H and O–H groups in total. The molecule has 0 saturated carbocycles. The maximum atomic E-state index is 12.2. The number of benzene rings is 2. The van der Waals surface area contributed by atoms with Gasteiger partial charge in [0.25, 0.3) is 5.91 Å². The molecule has 0 aliphatic carbocycles. The molecule has 154 valence electrons. The summed E-state index contributed by atoms with van der Waals surface area (Å²) < 4.78 is 5.14. The molecule has 0 aromatic heterocycles.